The Labute approximate surface area is 121 Å². The Hall–Kier alpha value is -1.55. The summed E-state index contributed by atoms with van der Waals surface area (Å²) < 4.78 is 10.7. The number of amides is 1. The molecule has 0 saturated heterocycles. The van der Waals surface area contributed by atoms with Crippen molar-refractivity contribution in [2.75, 3.05) is 20.3 Å². The second kappa shape index (κ2) is 8.59. The second-order valence-corrected chi connectivity index (χ2v) is 4.90. The summed E-state index contributed by atoms with van der Waals surface area (Å²) in [5.74, 6) is 0.675. The van der Waals surface area contributed by atoms with Gasteiger partial charge < -0.3 is 14.8 Å². The fourth-order valence-corrected chi connectivity index (χ4v) is 1.82. The average molecular weight is 279 g/mol. The molecular weight excluding hydrogens is 254 g/mol. The van der Waals surface area contributed by atoms with E-state index >= 15 is 0 Å². The van der Waals surface area contributed by atoms with Gasteiger partial charge in [-0.2, -0.15) is 0 Å². The van der Waals surface area contributed by atoms with Crippen LogP contribution in [0.25, 0.3) is 0 Å². The summed E-state index contributed by atoms with van der Waals surface area (Å²) in [5.41, 5.74) is 2.38. The minimum atomic E-state index is -0.445. The molecule has 1 amide bonds. The molecule has 1 aromatic rings. The van der Waals surface area contributed by atoms with Crippen LogP contribution >= 0.6 is 0 Å². The number of hydrogen-bond acceptors (Lipinski definition) is 3. The van der Waals surface area contributed by atoms with E-state index in [9.17, 15) is 4.79 Å². The number of carbonyl (C=O) groups excluding carboxylic acids is 1. The molecule has 0 unspecified atom stereocenters. The van der Waals surface area contributed by atoms with Crippen LogP contribution in [0.1, 0.15) is 30.9 Å². The van der Waals surface area contributed by atoms with Gasteiger partial charge in [0.1, 0.15) is 5.75 Å². The van der Waals surface area contributed by atoms with E-state index in [1.54, 1.807) is 7.11 Å². The number of hydrogen-bond donors (Lipinski definition) is 1. The number of methoxy groups -OCH3 is 1. The van der Waals surface area contributed by atoms with Crippen LogP contribution in [0.2, 0.25) is 0 Å². The predicted octanol–water partition coefficient (Wildman–Crippen LogP) is 2.61. The van der Waals surface area contributed by atoms with Gasteiger partial charge in [0.05, 0.1) is 0 Å². The monoisotopic (exact) mass is 279 g/mol. The zero-order valence-electron chi connectivity index (χ0n) is 12.9. The van der Waals surface area contributed by atoms with Gasteiger partial charge in [0.2, 0.25) is 0 Å². The lowest BCUT2D eigenvalue weighted by molar-refractivity contribution is -0.128. The van der Waals surface area contributed by atoms with Gasteiger partial charge in [0.15, 0.2) is 6.10 Å². The molecule has 0 fully saturated rings. The summed E-state index contributed by atoms with van der Waals surface area (Å²) in [6.07, 6.45) is 1.00. The Bertz CT molecular complexity index is 432. The molecule has 4 heteroatoms. The second-order valence-electron chi connectivity index (χ2n) is 4.90. The maximum absolute atomic E-state index is 12.0. The van der Waals surface area contributed by atoms with Crippen molar-refractivity contribution in [2.24, 2.45) is 0 Å². The van der Waals surface area contributed by atoms with Crippen LogP contribution in [0.3, 0.4) is 0 Å². The number of rotatable bonds is 8. The highest BCUT2D eigenvalue weighted by Crippen LogP contribution is 2.18. The minimum Gasteiger partial charge on any atom is -0.481 e. The highest BCUT2D eigenvalue weighted by molar-refractivity contribution is 5.81. The lowest BCUT2D eigenvalue weighted by Gasteiger charge is -2.18. The van der Waals surface area contributed by atoms with E-state index in [0.29, 0.717) is 19.6 Å². The standard InChI is InChI=1S/C16H25NO3/c1-5-15(16(18)17-9-6-10-19-4)20-14-8-7-12(2)13(3)11-14/h7-8,11,15H,5-6,9-10H2,1-4H3,(H,17,18)/t15-/m1/s1. The molecule has 0 spiro atoms. The Kier molecular flexibility index (Phi) is 7.09. The molecule has 0 saturated carbocycles. The number of benzene rings is 1. The van der Waals surface area contributed by atoms with Crippen LogP contribution in [0, 0.1) is 13.8 Å². The zero-order valence-corrected chi connectivity index (χ0v) is 12.9. The third-order valence-corrected chi connectivity index (χ3v) is 3.24. The maximum Gasteiger partial charge on any atom is 0.261 e. The van der Waals surface area contributed by atoms with Crippen molar-refractivity contribution in [2.45, 2.75) is 39.7 Å². The molecule has 4 nitrogen and oxygen atoms in total. The SMILES string of the molecule is CC[C@@H](Oc1ccc(C)c(C)c1)C(=O)NCCCOC. The molecule has 0 aromatic heterocycles. The van der Waals surface area contributed by atoms with E-state index in [2.05, 4.69) is 12.2 Å². The highest BCUT2D eigenvalue weighted by Gasteiger charge is 2.17. The molecule has 0 radical (unpaired) electrons. The van der Waals surface area contributed by atoms with Crippen molar-refractivity contribution < 1.29 is 14.3 Å². The summed E-state index contributed by atoms with van der Waals surface area (Å²) in [6, 6.07) is 5.88. The first-order valence-electron chi connectivity index (χ1n) is 7.09. The van der Waals surface area contributed by atoms with Gasteiger partial charge >= 0.3 is 0 Å². The first kappa shape index (κ1) is 16.5. The molecule has 0 aliphatic rings. The number of ether oxygens (including phenoxy) is 2. The summed E-state index contributed by atoms with van der Waals surface area (Å²) in [5, 5.41) is 2.87. The molecular formula is C16H25NO3. The zero-order chi connectivity index (χ0) is 15.0. The average Bonchev–Trinajstić information content (AvgIpc) is 2.44. The van der Waals surface area contributed by atoms with E-state index in [-0.39, 0.29) is 5.91 Å². The third-order valence-electron chi connectivity index (χ3n) is 3.24. The van der Waals surface area contributed by atoms with Crippen LogP contribution in [0.15, 0.2) is 18.2 Å². The summed E-state index contributed by atoms with van der Waals surface area (Å²) in [6.45, 7) is 7.29. The van der Waals surface area contributed by atoms with Crippen LogP contribution in [0.4, 0.5) is 0 Å². The molecule has 0 aliphatic carbocycles. The molecule has 0 bridgehead atoms. The van der Waals surface area contributed by atoms with Gasteiger partial charge in [-0.3, -0.25) is 4.79 Å². The molecule has 0 heterocycles. The fraction of sp³-hybridized carbons (Fsp3) is 0.562. The molecule has 112 valence electrons. The number of nitrogens with one attached hydrogen (secondary N) is 1. The molecule has 1 aromatic carbocycles. The Morgan fingerprint density at radius 1 is 1.30 bits per heavy atom. The molecule has 0 aliphatic heterocycles. The normalized spacial score (nSPS) is 12.0. The largest absolute Gasteiger partial charge is 0.481 e. The first-order valence-corrected chi connectivity index (χ1v) is 7.09. The van der Waals surface area contributed by atoms with Gasteiger partial charge in [-0.1, -0.05) is 13.0 Å². The molecule has 1 N–H and O–H groups in total. The van der Waals surface area contributed by atoms with Gasteiger partial charge in [-0.25, -0.2) is 0 Å². The van der Waals surface area contributed by atoms with E-state index in [1.165, 1.54) is 5.56 Å². The number of carbonyl (C=O) groups is 1. The van der Waals surface area contributed by atoms with E-state index in [0.717, 1.165) is 17.7 Å². The quantitative estimate of drug-likeness (QED) is 0.744. The van der Waals surface area contributed by atoms with Crippen molar-refractivity contribution in [1.82, 2.24) is 5.32 Å². The lowest BCUT2D eigenvalue weighted by Crippen LogP contribution is -2.38. The van der Waals surface area contributed by atoms with Gasteiger partial charge in [-0.05, 0) is 49.9 Å². The topological polar surface area (TPSA) is 47.6 Å². The van der Waals surface area contributed by atoms with E-state index < -0.39 is 6.10 Å². The number of aryl methyl sites for hydroxylation is 2. The van der Waals surface area contributed by atoms with Crippen molar-refractivity contribution in [1.29, 1.82) is 0 Å². The lowest BCUT2D eigenvalue weighted by atomic mass is 10.1. The molecule has 1 atom stereocenters. The van der Waals surface area contributed by atoms with Crippen molar-refractivity contribution >= 4 is 5.91 Å². The van der Waals surface area contributed by atoms with Crippen LogP contribution in [0.5, 0.6) is 5.75 Å². The van der Waals surface area contributed by atoms with Crippen molar-refractivity contribution in [3.63, 3.8) is 0 Å². The smallest absolute Gasteiger partial charge is 0.261 e. The van der Waals surface area contributed by atoms with Crippen LogP contribution in [-0.2, 0) is 9.53 Å². The first-order chi connectivity index (χ1) is 9.58. The molecule has 20 heavy (non-hydrogen) atoms. The summed E-state index contributed by atoms with van der Waals surface area (Å²) in [4.78, 5) is 12.0. The van der Waals surface area contributed by atoms with E-state index in [1.807, 2.05) is 32.0 Å². The minimum absolute atomic E-state index is 0.0677. The van der Waals surface area contributed by atoms with Gasteiger partial charge in [0, 0.05) is 20.3 Å². The Balaban J connectivity index is 2.52. The third kappa shape index (κ3) is 5.21. The van der Waals surface area contributed by atoms with Crippen molar-refractivity contribution in [3.05, 3.63) is 29.3 Å². The van der Waals surface area contributed by atoms with Crippen LogP contribution in [-0.4, -0.2) is 32.3 Å². The summed E-state index contributed by atoms with van der Waals surface area (Å²) >= 11 is 0. The van der Waals surface area contributed by atoms with Gasteiger partial charge in [0.25, 0.3) is 5.91 Å². The maximum atomic E-state index is 12.0. The highest BCUT2D eigenvalue weighted by atomic mass is 16.5. The molecule has 1 rings (SSSR count). The van der Waals surface area contributed by atoms with Crippen LogP contribution < -0.4 is 10.1 Å². The fourth-order valence-electron chi connectivity index (χ4n) is 1.82. The van der Waals surface area contributed by atoms with E-state index in [4.69, 9.17) is 9.47 Å². The van der Waals surface area contributed by atoms with Crippen molar-refractivity contribution in [3.8, 4) is 5.75 Å². The Morgan fingerprint density at radius 3 is 2.65 bits per heavy atom. The summed E-state index contributed by atoms with van der Waals surface area (Å²) in [7, 11) is 1.65. The Morgan fingerprint density at radius 2 is 2.05 bits per heavy atom. The van der Waals surface area contributed by atoms with Gasteiger partial charge in [-0.15, -0.1) is 0 Å². The predicted molar refractivity (Wildman–Crippen MR) is 80.1 cm³/mol.